The molecular weight excluding hydrogens is 411 g/mol. The molecule has 0 spiro atoms. The molecule has 1 aliphatic heterocycles. The predicted molar refractivity (Wildman–Crippen MR) is 120 cm³/mol. The van der Waals surface area contributed by atoms with Crippen LogP contribution in [0.1, 0.15) is 32.6 Å². The van der Waals surface area contributed by atoms with E-state index in [4.69, 9.17) is 10.2 Å². The average Bonchev–Trinajstić information content (AvgIpc) is 3.19. The third-order valence-electron chi connectivity index (χ3n) is 5.83. The van der Waals surface area contributed by atoms with Crippen molar-refractivity contribution in [3.05, 3.63) is 42.4 Å². The Morgan fingerprint density at radius 2 is 1.72 bits per heavy atom. The van der Waals surface area contributed by atoms with Crippen LogP contribution in [-0.2, 0) is 11.3 Å². The van der Waals surface area contributed by atoms with Crippen molar-refractivity contribution in [2.45, 2.75) is 33.2 Å². The zero-order valence-corrected chi connectivity index (χ0v) is 18.8. The Kier molecular flexibility index (Phi) is 10.1. The molecule has 1 saturated heterocycles. The first-order valence-electron chi connectivity index (χ1n) is 9.83. The highest BCUT2D eigenvalue weighted by atomic mass is 35.5. The summed E-state index contributed by atoms with van der Waals surface area (Å²) in [6, 6.07) is 9.99. The molecule has 6 nitrogen and oxygen atoms in total. The molecule has 1 aromatic heterocycles. The number of oxazole rings is 1. The maximum absolute atomic E-state index is 12.9. The Hall–Kier alpha value is -1.60. The number of piperazine rings is 1. The molecule has 1 aliphatic rings. The number of carbonyl (C=O) groups excluding carboxylic acids is 1. The second-order valence-corrected chi connectivity index (χ2v) is 7.24. The highest BCUT2D eigenvalue weighted by Crippen LogP contribution is 2.28. The number of hydrogen-bond acceptors (Lipinski definition) is 5. The van der Waals surface area contributed by atoms with Gasteiger partial charge in [0, 0.05) is 38.3 Å². The molecule has 0 radical (unpaired) electrons. The van der Waals surface area contributed by atoms with Gasteiger partial charge < -0.3 is 15.1 Å². The molecule has 29 heavy (non-hydrogen) atoms. The molecule has 0 saturated carbocycles. The first kappa shape index (κ1) is 25.4. The molecule has 1 amide bonds. The molecule has 8 heteroatoms. The van der Waals surface area contributed by atoms with Gasteiger partial charge in [0.2, 0.25) is 11.8 Å². The van der Waals surface area contributed by atoms with Crippen molar-refractivity contribution in [3.8, 4) is 11.3 Å². The van der Waals surface area contributed by atoms with Crippen LogP contribution in [0.5, 0.6) is 0 Å². The summed E-state index contributed by atoms with van der Waals surface area (Å²) in [6.07, 6.45) is 3.36. The lowest BCUT2D eigenvalue weighted by Crippen LogP contribution is -2.54. The number of benzene rings is 1. The monoisotopic (exact) mass is 442 g/mol. The fourth-order valence-corrected chi connectivity index (χ4v) is 3.68. The van der Waals surface area contributed by atoms with Crippen molar-refractivity contribution in [1.29, 1.82) is 0 Å². The molecular formula is C21H32Cl2N4O2. The summed E-state index contributed by atoms with van der Waals surface area (Å²) in [5.74, 6) is 1.71. The number of nitrogens with zero attached hydrogens (tertiary/aromatic N) is 3. The van der Waals surface area contributed by atoms with Crippen molar-refractivity contribution >= 4 is 30.7 Å². The molecule has 0 aliphatic carbocycles. The Balaban J connectivity index is 0.00000210. The molecule has 1 aromatic carbocycles. The maximum Gasteiger partial charge on any atom is 0.230 e. The third kappa shape index (κ3) is 5.72. The van der Waals surface area contributed by atoms with Crippen LogP contribution < -0.4 is 5.73 Å². The molecule has 2 aromatic rings. The van der Waals surface area contributed by atoms with Gasteiger partial charge in [-0.3, -0.25) is 9.69 Å². The third-order valence-corrected chi connectivity index (χ3v) is 5.83. The minimum atomic E-state index is -0.407. The van der Waals surface area contributed by atoms with Crippen molar-refractivity contribution in [2.24, 2.45) is 11.1 Å². The van der Waals surface area contributed by atoms with Gasteiger partial charge in [-0.1, -0.05) is 44.2 Å². The number of nitrogens with two attached hydrogens (primary N) is 1. The Morgan fingerprint density at radius 3 is 2.28 bits per heavy atom. The molecule has 0 bridgehead atoms. The van der Waals surface area contributed by atoms with E-state index in [-0.39, 0.29) is 30.7 Å². The van der Waals surface area contributed by atoms with Crippen molar-refractivity contribution < 1.29 is 9.21 Å². The number of hydrogen-bond donors (Lipinski definition) is 1. The van der Waals surface area contributed by atoms with E-state index in [9.17, 15) is 4.79 Å². The summed E-state index contributed by atoms with van der Waals surface area (Å²) in [5.41, 5.74) is 6.56. The van der Waals surface area contributed by atoms with Gasteiger partial charge in [0.1, 0.15) is 0 Å². The van der Waals surface area contributed by atoms with E-state index in [0.717, 1.165) is 50.3 Å². The van der Waals surface area contributed by atoms with Gasteiger partial charge in [-0.25, -0.2) is 4.98 Å². The second-order valence-electron chi connectivity index (χ2n) is 7.24. The summed E-state index contributed by atoms with van der Waals surface area (Å²) in [5, 5.41) is 0. The van der Waals surface area contributed by atoms with Gasteiger partial charge in [-0.05, 0) is 12.8 Å². The summed E-state index contributed by atoms with van der Waals surface area (Å²) in [7, 11) is 0. The van der Waals surface area contributed by atoms with Crippen LogP contribution in [0.3, 0.4) is 0 Å². The smallest absolute Gasteiger partial charge is 0.230 e. The second kappa shape index (κ2) is 11.6. The van der Waals surface area contributed by atoms with Crippen molar-refractivity contribution in [2.75, 3.05) is 32.7 Å². The Morgan fingerprint density at radius 1 is 1.10 bits per heavy atom. The SMILES string of the molecule is CCC(CC)(CN)C(=O)N1CCN(Cc2ncc(-c3ccccc3)o2)CC1.Cl.Cl. The highest BCUT2D eigenvalue weighted by molar-refractivity contribution is 5.85. The Bertz CT molecular complexity index is 734. The zero-order valence-electron chi connectivity index (χ0n) is 17.2. The fraction of sp³-hybridized carbons (Fsp3) is 0.524. The summed E-state index contributed by atoms with van der Waals surface area (Å²) in [4.78, 5) is 21.6. The maximum atomic E-state index is 12.9. The first-order valence-corrected chi connectivity index (χ1v) is 9.83. The van der Waals surface area contributed by atoms with Gasteiger partial charge in [0.25, 0.3) is 0 Å². The Labute approximate surface area is 185 Å². The van der Waals surface area contributed by atoms with Crippen molar-refractivity contribution in [3.63, 3.8) is 0 Å². The predicted octanol–water partition coefficient (Wildman–Crippen LogP) is 3.59. The lowest BCUT2D eigenvalue weighted by atomic mass is 9.81. The van der Waals surface area contributed by atoms with Crippen LogP contribution in [0.2, 0.25) is 0 Å². The summed E-state index contributed by atoms with van der Waals surface area (Å²) >= 11 is 0. The van der Waals surface area contributed by atoms with Gasteiger partial charge in [-0.2, -0.15) is 0 Å². The number of amides is 1. The number of carbonyl (C=O) groups is 1. The van der Waals surface area contributed by atoms with Crippen LogP contribution in [-0.4, -0.2) is 53.4 Å². The van der Waals surface area contributed by atoms with Crippen LogP contribution in [0, 0.1) is 5.41 Å². The van der Waals surface area contributed by atoms with Gasteiger partial charge in [0.05, 0.1) is 18.2 Å². The van der Waals surface area contributed by atoms with Gasteiger partial charge in [0.15, 0.2) is 5.76 Å². The minimum absolute atomic E-state index is 0. The standard InChI is InChI=1S/C21H30N4O2.2ClH/c1-3-21(4-2,16-22)20(26)25-12-10-24(11-13-25)15-19-23-14-18(27-19)17-8-6-5-7-9-17;;/h5-9,14H,3-4,10-13,15-16,22H2,1-2H3;2*1H. The van der Waals surface area contributed by atoms with Crippen LogP contribution in [0.15, 0.2) is 40.9 Å². The topological polar surface area (TPSA) is 75.6 Å². The molecule has 0 unspecified atom stereocenters. The lowest BCUT2D eigenvalue weighted by molar-refractivity contribution is -0.144. The number of halogens is 2. The number of rotatable bonds is 7. The average molecular weight is 443 g/mol. The minimum Gasteiger partial charge on any atom is -0.439 e. The molecule has 0 atom stereocenters. The quantitative estimate of drug-likeness (QED) is 0.708. The van der Waals surface area contributed by atoms with E-state index in [1.807, 2.05) is 35.2 Å². The lowest BCUT2D eigenvalue weighted by Gasteiger charge is -2.40. The normalized spacial score (nSPS) is 14.8. The van der Waals surface area contributed by atoms with E-state index in [1.165, 1.54) is 0 Å². The molecule has 3 rings (SSSR count). The van der Waals surface area contributed by atoms with Gasteiger partial charge >= 0.3 is 0 Å². The molecule has 162 valence electrons. The van der Waals surface area contributed by atoms with E-state index in [2.05, 4.69) is 23.7 Å². The van der Waals surface area contributed by atoms with Crippen LogP contribution in [0.4, 0.5) is 0 Å². The van der Waals surface area contributed by atoms with E-state index in [0.29, 0.717) is 19.0 Å². The zero-order chi connectivity index (χ0) is 19.3. The summed E-state index contributed by atoms with van der Waals surface area (Å²) in [6.45, 7) is 8.29. The number of aromatic nitrogens is 1. The van der Waals surface area contributed by atoms with E-state index in [1.54, 1.807) is 6.20 Å². The molecule has 1 fully saturated rings. The van der Waals surface area contributed by atoms with E-state index < -0.39 is 5.41 Å². The first-order chi connectivity index (χ1) is 13.1. The largest absolute Gasteiger partial charge is 0.439 e. The van der Waals surface area contributed by atoms with E-state index >= 15 is 0 Å². The van der Waals surface area contributed by atoms with Crippen molar-refractivity contribution in [1.82, 2.24) is 14.8 Å². The highest BCUT2D eigenvalue weighted by Gasteiger charge is 2.37. The van der Waals surface area contributed by atoms with Crippen LogP contribution in [0.25, 0.3) is 11.3 Å². The summed E-state index contributed by atoms with van der Waals surface area (Å²) < 4.78 is 5.90. The molecule has 2 N–H and O–H groups in total. The van der Waals surface area contributed by atoms with Crippen LogP contribution >= 0.6 is 24.8 Å². The van der Waals surface area contributed by atoms with Gasteiger partial charge in [-0.15, -0.1) is 24.8 Å². The fourth-order valence-electron chi connectivity index (χ4n) is 3.68. The molecule has 2 heterocycles.